The number of nitrogen functional groups attached to an aromatic ring is 1. The maximum Gasteiger partial charge on any atom is 0.275 e. The third-order valence-corrected chi connectivity index (χ3v) is 2.67. The monoisotopic (exact) mass is 300 g/mol. The Hall–Kier alpha value is -3.03. The fourth-order valence-electron chi connectivity index (χ4n) is 1.75. The minimum Gasteiger partial charge on any atom is -0.368 e. The number of aromatic amines is 1. The Bertz CT molecular complexity index is 822. The number of carbonyl (C=O) groups excluding carboxylic acids is 1. The molecule has 0 saturated heterocycles. The van der Waals surface area contributed by atoms with Crippen LogP contribution in [0.25, 0.3) is 17.2 Å². The second-order valence-corrected chi connectivity index (χ2v) is 4.38. The minimum absolute atomic E-state index is 0.0708. The van der Waals surface area contributed by atoms with E-state index < -0.39 is 5.56 Å². The fourth-order valence-corrected chi connectivity index (χ4v) is 1.75. The molecule has 0 unspecified atom stereocenters. The van der Waals surface area contributed by atoms with Crippen molar-refractivity contribution in [3.8, 4) is 0 Å². The third kappa shape index (κ3) is 3.35. The summed E-state index contributed by atoms with van der Waals surface area (Å²) in [6.45, 7) is 3.68. The van der Waals surface area contributed by atoms with Crippen LogP contribution in [0.2, 0.25) is 0 Å². The van der Waals surface area contributed by atoms with Crippen LogP contribution in [0.4, 0.5) is 11.8 Å². The average molecular weight is 300 g/mol. The van der Waals surface area contributed by atoms with E-state index in [9.17, 15) is 9.59 Å². The predicted molar refractivity (Wildman–Crippen MR) is 85.1 cm³/mol. The van der Waals surface area contributed by atoms with Gasteiger partial charge in [-0.2, -0.15) is 9.97 Å². The highest BCUT2D eigenvalue weighted by Gasteiger charge is 2.12. The zero-order valence-corrected chi connectivity index (χ0v) is 12.3. The summed E-state index contributed by atoms with van der Waals surface area (Å²) in [4.78, 5) is 38.3. The molecule has 0 fully saturated rings. The van der Waals surface area contributed by atoms with Gasteiger partial charge in [-0.05, 0) is 25.5 Å². The fraction of sp³-hybridized carbons (Fsp3) is 0.214. The van der Waals surface area contributed by atoms with Crippen molar-refractivity contribution in [3.63, 3.8) is 0 Å². The number of nitrogens with two attached hydrogens (primary N) is 1. The van der Waals surface area contributed by atoms with Crippen LogP contribution in [0.5, 0.6) is 0 Å². The highest BCUT2D eigenvalue weighted by molar-refractivity contribution is 6.02. The maximum absolute atomic E-state index is 11.8. The van der Waals surface area contributed by atoms with Gasteiger partial charge in [-0.25, -0.2) is 4.98 Å². The van der Waals surface area contributed by atoms with Gasteiger partial charge in [0.2, 0.25) is 11.9 Å². The van der Waals surface area contributed by atoms with Gasteiger partial charge in [-0.15, -0.1) is 0 Å². The molecule has 114 valence electrons. The summed E-state index contributed by atoms with van der Waals surface area (Å²) in [5.74, 6) is -0.282. The van der Waals surface area contributed by atoms with Crippen LogP contribution in [0.1, 0.15) is 26.0 Å². The number of rotatable bonds is 4. The highest BCUT2D eigenvalue weighted by Crippen LogP contribution is 2.17. The van der Waals surface area contributed by atoms with Crippen molar-refractivity contribution in [2.75, 3.05) is 11.1 Å². The molecule has 0 aliphatic rings. The smallest absolute Gasteiger partial charge is 0.275 e. The number of aromatic nitrogens is 4. The molecule has 2 heterocycles. The normalized spacial score (nSPS) is 11.5. The van der Waals surface area contributed by atoms with Gasteiger partial charge in [0.25, 0.3) is 5.56 Å². The summed E-state index contributed by atoms with van der Waals surface area (Å²) in [6, 6.07) is 0. The first-order chi connectivity index (χ1) is 10.5. The van der Waals surface area contributed by atoms with E-state index in [4.69, 9.17) is 5.73 Å². The van der Waals surface area contributed by atoms with Crippen LogP contribution in [-0.2, 0) is 4.79 Å². The lowest BCUT2D eigenvalue weighted by molar-refractivity contribution is -0.111. The Morgan fingerprint density at radius 2 is 2.14 bits per heavy atom. The number of nitrogens with one attached hydrogen (secondary N) is 2. The van der Waals surface area contributed by atoms with Crippen LogP contribution < -0.4 is 16.6 Å². The largest absolute Gasteiger partial charge is 0.368 e. The number of fused-ring (bicyclic) bond motifs is 1. The molecule has 8 heteroatoms. The molecule has 0 atom stereocenters. The first-order valence-corrected chi connectivity index (χ1v) is 6.73. The molecule has 0 aliphatic carbocycles. The van der Waals surface area contributed by atoms with Gasteiger partial charge in [0, 0.05) is 0 Å². The van der Waals surface area contributed by atoms with E-state index in [-0.39, 0.29) is 34.5 Å². The van der Waals surface area contributed by atoms with Crippen LogP contribution in [-0.4, -0.2) is 25.8 Å². The molecule has 0 bridgehead atoms. The van der Waals surface area contributed by atoms with Crippen molar-refractivity contribution < 1.29 is 4.79 Å². The van der Waals surface area contributed by atoms with Gasteiger partial charge in [-0.3, -0.25) is 9.59 Å². The summed E-state index contributed by atoms with van der Waals surface area (Å²) in [7, 11) is 0. The van der Waals surface area contributed by atoms with Crippen molar-refractivity contribution in [1.29, 1.82) is 0 Å². The molecule has 0 aliphatic heterocycles. The van der Waals surface area contributed by atoms with Crippen LogP contribution >= 0.6 is 0 Å². The number of nitrogens with zero attached hydrogens (tertiary/aromatic N) is 3. The predicted octanol–water partition coefficient (Wildman–Crippen LogP) is 1.23. The Morgan fingerprint density at radius 1 is 1.36 bits per heavy atom. The van der Waals surface area contributed by atoms with Crippen LogP contribution in [0, 0.1) is 0 Å². The summed E-state index contributed by atoms with van der Waals surface area (Å²) < 4.78 is 0. The van der Waals surface area contributed by atoms with Gasteiger partial charge >= 0.3 is 0 Å². The number of anilines is 2. The van der Waals surface area contributed by atoms with Gasteiger partial charge in [0.15, 0.2) is 11.5 Å². The zero-order valence-electron chi connectivity index (χ0n) is 12.3. The van der Waals surface area contributed by atoms with Crippen molar-refractivity contribution >= 4 is 34.9 Å². The molecule has 0 aromatic carbocycles. The number of carbonyl (C=O) groups is 1. The Kier molecular flexibility index (Phi) is 4.62. The molecular weight excluding hydrogens is 284 g/mol. The van der Waals surface area contributed by atoms with Gasteiger partial charge in [-0.1, -0.05) is 19.1 Å². The standard InChI is InChI=1S/C14H16N6O2/c1-3-5-7-9(21)17-11-10-12(20-14(15)19-11)18-13(22)8(16-10)6-4-2/h4-7H,3H2,1-2H3,(H4,15,17,18,19,20,21,22)/b6-4+,7-5+. The molecule has 4 N–H and O–H groups in total. The maximum atomic E-state index is 11.8. The van der Waals surface area contributed by atoms with E-state index in [1.807, 2.05) is 6.92 Å². The van der Waals surface area contributed by atoms with Crippen molar-refractivity contribution in [2.24, 2.45) is 0 Å². The van der Waals surface area contributed by atoms with Gasteiger partial charge in [0.1, 0.15) is 11.2 Å². The lowest BCUT2D eigenvalue weighted by Gasteiger charge is -2.06. The second-order valence-electron chi connectivity index (χ2n) is 4.38. The van der Waals surface area contributed by atoms with Crippen LogP contribution in [0.15, 0.2) is 23.0 Å². The molecule has 1 amide bonds. The third-order valence-electron chi connectivity index (χ3n) is 2.67. The Balaban J connectivity index is 2.57. The Labute approximate surface area is 126 Å². The van der Waals surface area contributed by atoms with Crippen LogP contribution in [0.3, 0.4) is 0 Å². The van der Waals surface area contributed by atoms with E-state index in [0.717, 1.165) is 6.42 Å². The Morgan fingerprint density at radius 3 is 2.82 bits per heavy atom. The summed E-state index contributed by atoms with van der Waals surface area (Å²) in [6.07, 6.45) is 7.07. The first kappa shape index (κ1) is 15.4. The van der Waals surface area contributed by atoms with Crippen molar-refractivity contribution in [3.05, 3.63) is 34.3 Å². The molecule has 2 aromatic rings. The van der Waals surface area contributed by atoms with E-state index >= 15 is 0 Å². The highest BCUT2D eigenvalue weighted by atomic mass is 16.1. The van der Waals surface area contributed by atoms with Gasteiger partial charge in [0.05, 0.1) is 0 Å². The molecule has 0 spiro atoms. The second kappa shape index (κ2) is 6.61. The van der Waals surface area contributed by atoms with Crippen molar-refractivity contribution in [1.82, 2.24) is 19.9 Å². The molecule has 0 saturated carbocycles. The van der Waals surface area contributed by atoms with E-state index in [1.165, 1.54) is 6.08 Å². The number of allylic oxidation sites excluding steroid dienone is 2. The number of amides is 1. The molecule has 2 rings (SSSR count). The number of hydrogen-bond donors (Lipinski definition) is 3. The topological polar surface area (TPSA) is 127 Å². The summed E-state index contributed by atoms with van der Waals surface area (Å²) in [5.41, 5.74) is 5.82. The van der Waals surface area contributed by atoms with E-state index in [0.29, 0.717) is 0 Å². The molecule has 2 aromatic heterocycles. The first-order valence-electron chi connectivity index (χ1n) is 6.73. The lowest BCUT2D eigenvalue weighted by Crippen LogP contribution is -2.17. The molecule has 22 heavy (non-hydrogen) atoms. The molecule has 8 nitrogen and oxygen atoms in total. The summed E-state index contributed by atoms with van der Waals surface area (Å²) >= 11 is 0. The molecule has 0 radical (unpaired) electrons. The minimum atomic E-state index is -0.396. The van der Waals surface area contributed by atoms with Crippen molar-refractivity contribution in [2.45, 2.75) is 20.3 Å². The average Bonchev–Trinajstić information content (AvgIpc) is 2.46. The molecular formula is C14H16N6O2. The number of H-pyrrole nitrogens is 1. The SMILES string of the molecule is C/C=C/c1nc2c(NC(=O)/C=C/CC)nc(N)nc2[nH]c1=O. The quantitative estimate of drug-likeness (QED) is 0.729. The van der Waals surface area contributed by atoms with Gasteiger partial charge < -0.3 is 16.0 Å². The lowest BCUT2D eigenvalue weighted by atomic mass is 10.3. The zero-order chi connectivity index (χ0) is 16.1. The summed E-state index contributed by atoms with van der Waals surface area (Å²) in [5, 5.41) is 2.58. The van der Waals surface area contributed by atoms with E-state index in [1.54, 1.807) is 25.2 Å². The van der Waals surface area contributed by atoms with E-state index in [2.05, 4.69) is 25.3 Å². The number of hydrogen-bond acceptors (Lipinski definition) is 6.